The van der Waals surface area contributed by atoms with Crippen molar-refractivity contribution in [2.24, 2.45) is 0 Å². The third-order valence-electron chi connectivity index (χ3n) is 2.14. The van der Waals surface area contributed by atoms with Gasteiger partial charge in [0.15, 0.2) is 6.29 Å². The van der Waals surface area contributed by atoms with Crippen LogP contribution in [0.25, 0.3) is 0 Å². The second-order valence-electron chi connectivity index (χ2n) is 3.34. The topological polar surface area (TPSA) is 51.1 Å². The van der Waals surface area contributed by atoms with Gasteiger partial charge in [-0.15, -0.1) is 0 Å². The van der Waals surface area contributed by atoms with Gasteiger partial charge in [0.05, 0.1) is 5.69 Å². The van der Waals surface area contributed by atoms with Crippen LogP contribution in [0.1, 0.15) is 30.3 Å². The number of nitrogens with zero attached hydrogens (tertiary/aromatic N) is 1. The molecule has 0 fully saturated rings. The molecule has 0 atom stereocenters. The Labute approximate surface area is 89.3 Å². The van der Waals surface area contributed by atoms with E-state index in [0.717, 1.165) is 12.7 Å². The van der Waals surface area contributed by atoms with Crippen molar-refractivity contribution in [3.8, 4) is 0 Å². The highest BCUT2D eigenvalue weighted by atomic mass is 16.1. The summed E-state index contributed by atoms with van der Waals surface area (Å²) in [5, 5.41) is 2.79. The Kier molecular flexibility index (Phi) is 4.60. The summed E-state index contributed by atoms with van der Waals surface area (Å²) in [5.74, 6) is 0.0300. The van der Waals surface area contributed by atoms with E-state index in [4.69, 9.17) is 0 Å². The van der Waals surface area contributed by atoms with Gasteiger partial charge in [-0.3, -0.25) is 9.59 Å². The van der Waals surface area contributed by atoms with Gasteiger partial charge in [0.2, 0.25) is 5.91 Å². The summed E-state index contributed by atoms with van der Waals surface area (Å²) < 4.78 is 1.78. The molecule has 1 N–H and O–H groups in total. The maximum atomic E-state index is 11.3. The third-order valence-corrected chi connectivity index (χ3v) is 2.14. The molecule has 0 spiro atoms. The molecule has 0 aromatic carbocycles. The summed E-state index contributed by atoms with van der Waals surface area (Å²) >= 11 is 0. The number of carbonyl (C=O) groups is 2. The lowest BCUT2D eigenvalue weighted by Gasteiger charge is -2.05. The van der Waals surface area contributed by atoms with Crippen LogP contribution in [-0.2, 0) is 11.3 Å². The molecule has 0 saturated carbocycles. The van der Waals surface area contributed by atoms with Gasteiger partial charge >= 0.3 is 0 Å². The highest BCUT2D eigenvalue weighted by Crippen LogP contribution is 2.00. The molecule has 0 aliphatic rings. The van der Waals surface area contributed by atoms with E-state index in [1.165, 1.54) is 0 Å². The summed E-state index contributed by atoms with van der Waals surface area (Å²) in [5.41, 5.74) is 0.610. The van der Waals surface area contributed by atoms with E-state index >= 15 is 0 Å². The first-order valence-electron chi connectivity index (χ1n) is 5.15. The van der Waals surface area contributed by atoms with E-state index in [2.05, 4.69) is 5.32 Å². The molecule has 1 rings (SSSR count). The maximum Gasteiger partial charge on any atom is 0.221 e. The van der Waals surface area contributed by atoms with Gasteiger partial charge in [-0.25, -0.2) is 0 Å². The number of hydrogen-bond donors (Lipinski definition) is 1. The van der Waals surface area contributed by atoms with E-state index in [1.807, 2.05) is 6.92 Å². The van der Waals surface area contributed by atoms with E-state index < -0.39 is 0 Å². The lowest BCUT2D eigenvalue weighted by atomic mass is 10.3. The van der Waals surface area contributed by atoms with E-state index in [9.17, 15) is 9.59 Å². The average molecular weight is 208 g/mol. The van der Waals surface area contributed by atoms with Gasteiger partial charge in [0, 0.05) is 25.7 Å². The fourth-order valence-corrected chi connectivity index (χ4v) is 1.31. The molecule has 0 unspecified atom stereocenters. The zero-order valence-corrected chi connectivity index (χ0v) is 8.90. The van der Waals surface area contributed by atoms with Crippen LogP contribution in [0.5, 0.6) is 0 Å². The number of aldehydes is 1. The summed E-state index contributed by atoms with van der Waals surface area (Å²) in [7, 11) is 0. The van der Waals surface area contributed by atoms with Gasteiger partial charge in [-0.2, -0.15) is 0 Å². The molecule has 1 aromatic heterocycles. The zero-order chi connectivity index (χ0) is 11.1. The highest BCUT2D eigenvalue weighted by molar-refractivity contribution is 5.76. The Morgan fingerprint density at radius 2 is 2.40 bits per heavy atom. The summed E-state index contributed by atoms with van der Waals surface area (Å²) in [6.07, 6.45) is 3.95. The van der Waals surface area contributed by atoms with E-state index in [-0.39, 0.29) is 5.91 Å². The average Bonchev–Trinajstić information content (AvgIpc) is 2.70. The first-order valence-corrected chi connectivity index (χ1v) is 5.15. The second kappa shape index (κ2) is 6.01. The van der Waals surface area contributed by atoms with Crippen molar-refractivity contribution in [3.63, 3.8) is 0 Å². The smallest absolute Gasteiger partial charge is 0.221 e. The Morgan fingerprint density at radius 1 is 1.60 bits per heavy atom. The summed E-state index contributed by atoms with van der Waals surface area (Å²) in [6, 6.07) is 3.53. The maximum absolute atomic E-state index is 11.3. The van der Waals surface area contributed by atoms with Crippen LogP contribution < -0.4 is 5.32 Å². The van der Waals surface area contributed by atoms with Gasteiger partial charge in [0.25, 0.3) is 0 Å². The molecule has 1 amide bonds. The summed E-state index contributed by atoms with van der Waals surface area (Å²) in [4.78, 5) is 21.9. The second-order valence-corrected chi connectivity index (χ2v) is 3.34. The van der Waals surface area contributed by atoms with Crippen molar-refractivity contribution in [1.82, 2.24) is 9.88 Å². The minimum Gasteiger partial charge on any atom is -0.356 e. The predicted octanol–water partition coefficient (Wildman–Crippen LogP) is 1.22. The monoisotopic (exact) mass is 208 g/mol. The Bertz CT molecular complexity index is 331. The van der Waals surface area contributed by atoms with Crippen LogP contribution >= 0.6 is 0 Å². The van der Waals surface area contributed by atoms with Crippen LogP contribution in [0.3, 0.4) is 0 Å². The van der Waals surface area contributed by atoms with Crippen molar-refractivity contribution in [2.45, 2.75) is 26.3 Å². The third kappa shape index (κ3) is 3.58. The number of amides is 1. The molecule has 0 bridgehead atoms. The largest absolute Gasteiger partial charge is 0.356 e. The molecule has 0 radical (unpaired) electrons. The number of aromatic nitrogens is 1. The molecule has 0 saturated heterocycles. The number of hydrogen-bond acceptors (Lipinski definition) is 2. The van der Waals surface area contributed by atoms with Crippen molar-refractivity contribution < 1.29 is 9.59 Å². The fourth-order valence-electron chi connectivity index (χ4n) is 1.31. The minimum absolute atomic E-state index is 0.0300. The van der Waals surface area contributed by atoms with Crippen LogP contribution in [0.2, 0.25) is 0 Å². The minimum atomic E-state index is 0.0300. The molecular weight excluding hydrogens is 192 g/mol. The number of carbonyl (C=O) groups excluding carboxylic acids is 2. The number of nitrogens with one attached hydrogen (secondary N) is 1. The van der Waals surface area contributed by atoms with Crippen molar-refractivity contribution in [3.05, 3.63) is 24.0 Å². The molecule has 0 aliphatic heterocycles. The first kappa shape index (κ1) is 11.5. The molecule has 15 heavy (non-hydrogen) atoms. The molecule has 4 heteroatoms. The molecule has 4 nitrogen and oxygen atoms in total. The Hall–Kier alpha value is -1.58. The van der Waals surface area contributed by atoms with Gasteiger partial charge in [0.1, 0.15) is 0 Å². The normalized spacial score (nSPS) is 9.93. The molecule has 0 aliphatic carbocycles. The van der Waals surface area contributed by atoms with Crippen LogP contribution in [0, 0.1) is 0 Å². The lowest BCUT2D eigenvalue weighted by molar-refractivity contribution is -0.121. The van der Waals surface area contributed by atoms with Crippen LogP contribution in [0.4, 0.5) is 0 Å². The van der Waals surface area contributed by atoms with Crippen LogP contribution in [0.15, 0.2) is 18.3 Å². The molecule has 82 valence electrons. The molecule has 1 aromatic rings. The van der Waals surface area contributed by atoms with E-state index in [0.29, 0.717) is 25.2 Å². The van der Waals surface area contributed by atoms with Crippen molar-refractivity contribution >= 4 is 12.2 Å². The Morgan fingerprint density at radius 3 is 3.07 bits per heavy atom. The first-order chi connectivity index (χ1) is 7.27. The molecule has 1 heterocycles. The fraction of sp³-hybridized carbons (Fsp3) is 0.455. The van der Waals surface area contributed by atoms with E-state index in [1.54, 1.807) is 22.9 Å². The highest BCUT2D eigenvalue weighted by Gasteiger charge is 2.03. The van der Waals surface area contributed by atoms with Crippen molar-refractivity contribution in [2.75, 3.05) is 6.54 Å². The predicted molar refractivity (Wildman–Crippen MR) is 57.7 cm³/mol. The zero-order valence-electron chi connectivity index (χ0n) is 8.90. The number of rotatable bonds is 6. The quantitative estimate of drug-likeness (QED) is 0.714. The molecular formula is C11H16N2O2. The standard InChI is InChI=1S/C11H16N2O2/c1-2-6-12-11(15)5-8-13-7-3-4-10(13)9-14/h3-4,7,9H,2,5-6,8H2,1H3,(H,12,15). The van der Waals surface area contributed by atoms with Crippen molar-refractivity contribution in [1.29, 1.82) is 0 Å². The van der Waals surface area contributed by atoms with Crippen LogP contribution in [-0.4, -0.2) is 23.3 Å². The van der Waals surface area contributed by atoms with Gasteiger partial charge in [-0.1, -0.05) is 6.92 Å². The van der Waals surface area contributed by atoms with Gasteiger partial charge in [-0.05, 0) is 18.6 Å². The Balaban J connectivity index is 2.36. The lowest BCUT2D eigenvalue weighted by Crippen LogP contribution is -2.25. The SMILES string of the molecule is CCCNC(=O)CCn1cccc1C=O. The van der Waals surface area contributed by atoms with Gasteiger partial charge < -0.3 is 9.88 Å². The number of aryl methyl sites for hydroxylation is 1. The summed E-state index contributed by atoms with van der Waals surface area (Å²) in [6.45, 7) is 3.28.